The molecule has 0 N–H and O–H groups in total. The number of piperidine rings is 1. The number of para-hydroxylation sites is 1. The maximum atomic E-state index is 13.5. The van der Waals surface area contributed by atoms with Crippen molar-refractivity contribution >= 4 is 23.1 Å². The average Bonchev–Trinajstić information content (AvgIpc) is 3.47. The highest BCUT2D eigenvalue weighted by atomic mass is 127. The van der Waals surface area contributed by atoms with E-state index in [4.69, 9.17) is 4.74 Å². The first kappa shape index (κ1) is 43.5. The lowest BCUT2D eigenvalue weighted by molar-refractivity contribution is -0.949. The summed E-state index contributed by atoms with van der Waals surface area (Å²) in [4.78, 5) is 31.1. The van der Waals surface area contributed by atoms with E-state index in [-0.39, 0.29) is 41.5 Å². The third kappa shape index (κ3) is 12.9. The Morgan fingerprint density at radius 1 is 0.774 bits per heavy atom. The van der Waals surface area contributed by atoms with E-state index in [1.807, 2.05) is 0 Å². The maximum absolute atomic E-state index is 13.5. The number of hydrogen-bond acceptors (Lipinski definition) is 5. The predicted molar refractivity (Wildman–Crippen MR) is 213 cm³/mol. The number of unbranched alkanes of at least 4 members (excludes halogenated alkanes) is 16. The molecule has 8 heteroatoms. The van der Waals surface area contributed by atoms with Crippen LogP contribution in [0.15, 0.2) is 42.5 Å². The standard InChI is InChI=1S/C45H69FN3O3.HI/c1-3-4-5-6-7-8-9-10-11-12-13-14-15-16-17-18-19-25-44(51)52-36-49(33-21-24-43(50)37-26-28-38(46)29-27-37)34-30-41-40(35-49)39-22-20-23-42-45(39)48(41)32-31-47(42)2;/h20,22-23,26-29,40-41H,3-19,21,24-25,30-36H2,1-2H3;1H/q+1;/p-1/t40-,41-,49?;/m0./s1. The number of likely N-dealkylation sites (N-methyl/N-ethyl adjacent to an activating group) is 1. The molecule has 0 radical (unpaired) electrons. The Balaban J connectivity index is 0.00000627. The van der Waals surface area contributed by atoms with Crippen molar-refractivity contribution < 1.29 is 47.2 Å². The number of ether oxygens (including phenoxy) is 1. The highest BCUT2D eigenvalue weighted by molar-refractivity contribution is 5.95. The Hall–Kier alpha value is -2.20. The van der Waals surface area contributed by atoms with Crippen molar-refractivity contribution in [3.63, 3.8) is 0 Å². The molecule has 2 aromatic carbocycles. The number of rotatable bonds is 25. The lowest BCUT2D eigenvalue weighted by Gasteiger charge is -2.47. The third-order valence-corrected chi connectivity index (χ3v) is 12.4. The zero-order chi connectivity index (χ0) is 36.6. The van der Waals surface area contributed by atoms with E-state index >= 15 is 0 Å². The van der Waals surface area contributed by atoms with Crippen LogP contribution in [0.4, 0.5) is 15.8 Å². The van der Waals surface area contributed by atoms with Gasteiger partial charge in [-0.2, -0.15) is 0 Å². The van der Waals surface area contributed by atoms with Gasteiger partial charge < -0.3 is 38.5 Å². The summed E-state index contributed by atoms with van der Waals surface area (Å²) in [6.07, 6.45) is 25.2. The zero-order valence-electron chi connectivity index (χ0n) is 33.1. The number of nitrogens with zero attached hydrogens (tertiary/aromatic N) is 3. The minimum Gasteiger partial charge on any atom is -1.00 e. The fourth-order valence-electron chi connectivity index (χ4n) is 9.22. The Morgan fingerprint density at radius 3 is 2.00 bits per heavy atom. The van der Waals surface area contributed by atoms with Crippen LogP contribution in [0.25, 0.3) is 0 Å². The highest BCUT2D eigenvalue weighted by Gasteiger charge is 2.50. The van der Waals surface area contributed by atoms with Crippen LogP contribution >= 0.6 is 0 Å². The van der Waals surface area contributed by atoms with Crippen LogP contribution in [0.3, 0.4) is 0 Å². The quantitative estimate of drug-likeness (QED) is 0.0334. The molecule has 1 fully saturated rings. The molecule has 3 aliphatic heterocycles. The molecule has 1 unspecified atom stereocenters. The fourth-order valence-corrected chi connectivity index (χ4v) is 9.22. The van der Waals surface area contributed by atoms with Gasteiger partial charge in [0.15, 0.2) is 5.78 Å². The maximum Gasteiger partial charge on any atom is 0.310 e. The summed E-state index contributed by atoms with van der Waals surface area (Å²) in [6.45, 7) is 7.38. The molecule has 1 saturated heterocycles. The lowest BCUT2D eigenvalue weighted by atomic mass is 9.87. The number of anilines is 2. The molecule has 5 rings (SSSR count). The van der Waals surface area contributed by atoms with E-state index in [0.29, 0.717) is 48.0 Å². The van der Waals surface area contributed by atoms with E-state index < -0.39 is 0 Å². The van der Waals surface area contributed by atoms with Crippen LogP contribution in [0.2, 0.25) is 0 Å². The van der Waals surface area contributed by atoms with Crippen LogP contribution in [0.5, 0.6) is 0 Å². The van der Waals surface area contributed by atoms with E-state index in [2.05, 4.69) is 42.0 Å². The molecule has 3 atom stereocenters. The Labute approximate surface area is 338 Å². The highest BCUT2D eigenvalue weighted by Crippen LogP contribution is 2.51. The second kappa shape index (κ2) is 23.0. The summed E-state index contributed by atoms with van der Waals surface area (Å²) < 4.78 is 20.3. The topological polar surface area (TPSA) is 49.9 Å². The number of carbonyl (C=O) groups excluding carboxylic acids is 2. The van der Waals surface area contributed by atoms with Crippen LogP contribution < -0.4 is 33.8 Å². The van der Waals surface area contributed by atoms with Crippen molar-refractivity contribution in [1.82, 2.24) is 0 Å². The van der Waals surface area contributed by atoms with Gasteiger partial charge in [0.1, 0.15) is 5.82 Å². The molecule has 3 heterocycles. The first-order chi connectivity index (χ1) is 25.4. The summed E-state index contributed by atoms with van der Waals surface area (Å²) in [7, 11) is 2.19. The summed E-state index contributed by atoms with van der Waals surface area (Å²) in [6, 6.07) is 13.1. The minimum atomic E-state index is -0.329. The number of esters is 1. The molecule has 0 spiro atoms. The number of carbonyl (C=O) groups is 2. The Kier molecular flexibility index (Phi) is 18.9. The number of benzene rings is 2. The van der Waals surface area contributed by atoms with E-state index in [9.17, 15) is 14.0 Å². The van der Waals surface area contributed by atoms with Crippen molar-refractivity contribution in [2.75, 3.05) is 56.3 Å². The van der Waals surface area contributed by atoms with Crippen molar-refractivity contribution in [3.8, 4) is 0 Å². The second-order valence-electron chi connectivity index (χ2n) is 16.3. The number of likely N-dealkylation sites (tertiary alicyclic amines) is 1. The number of quaternary nitrogens is 1. The van der Waals surface area contributed by atoms with Crippen LogP contribution in [0.1, 0.15) is 164 Å². The van der Waals surface area contributed by atoms with Gasteiger partial charge >= 0.3 is 5.97 Å². The van der Waals surface area contributed by atoms with Crippen LogP contribution in [-0.2, 0) is 9.53 Å². The molecule has 0 amide bonds. The van der Waals surface area contributed by atoms with Crippen LogP contribution in [-0.4, -0.2) is 68.8 Å². The van der Waals surface area contributed by atoms with Gasteiger partial charge in [0, 0.05) is 57.4 Å². The van der Waals surface area contributed by atoms with E-state index in [1.54, 1.807) is 12.1 Å². The smallest absolute Gasteiger partial charge is 0.310 e. The SMILES string of the molecule is CCCCCCCCCCCCCCCCCCCC(=O)OC[N+]1(CCCC(=O)c2ccc(F)cc2)CC[C@H]2[C@@H](C1)c1cccc3c1N2CCN3C.[I-]. The molecule has 3 aliphatic rings. The molecule has 53 heavy (non-hydrogen) atoms. The average molecular weight is 846 g/mol. The van der Waals surface area contributed by atoms with Gasteiger partial charge in [0.2, 0.25) is 6.73 Å². The van der Waals surface area contributed by atoms with Crippen molar-refractivity contribution in [1.29, 1.82) is 0 Å². The fraction of sp³-hybridized carbons (Fsp3) is 0.689. The van der Waals surface area contributed by atoms with Gasteiger partial charge in [-0.1, -0.05) is 122 Å². The lowest BCUT2D eigenvalue weighted by Crippen LogP contribution is -3.00. The largest absolute Gasteiger partial charge is 1.00 e. The molecule has 0 bridgehead atoms. The third-order valence-electron chi connectivity index (χ3n) is 12.4. The molecular formula is C45H69FIN3O3. The summed E-state index contributed by atoms with van der Waals surface area (Å²) in [5.41, 5.74) is 4.70. The Morgan fingerprint density at radius 2 is 1.38 bits per heavy atom. The number of hydrogen-bond donors (Lipinski definition) is 0. The number of Topliss-reactive ketones (excluding diaryl/α,β-unsaturated/α-hetero) is 1. The summed E-state index contributed by atoms with van der Waals surface area (Å²) >= 11 is 0. The molecule has 296 valence electrons. The first-order valence-electron chi connectivity index (χ1n) is 21.3. The molecular weight excluding hydrogens is 776 g/mol. The van der Waals surface area contributed by atoms with Crippen molar-refractivity contribution in [3.05, 3.63) is 59.4 Å². The van der Waals surface area contributed by atoms with Gasteiger partial charge in [0.25, 0.3) is 0 Å². The predicted octanol–water partition coefficient (Wildman–Crippen LogP) is 7.98. The van der Waals surface area contributed by atoms with Crippen molar-refractivity contribution in [2.24, 2.45) is 0 Å². The van der Waals surface area contributed by atoms with Gasteiger partial charge in [-0.3, -0.25) is 14.1 Å². The number of halogens is 2. The molecule has 0 saturated carbocycles. The minimum absolute atomic E-state index is 0. The van der Waals surface area contributed by atoms with Gasteiger partial charge in [-0.25, -0.2) is 4.39 Å². The van der Waals surface area contributed by atoms with E-state index in [0.717, 1.165) is 52.0 Å². The number of ketones is 1. The molecule has 0 aliphatic carbocycles. The molecule has 0 aromatic heterocycles. The monoisotopic (exact) mass is 845 g/mol. The summed E-state index contributed by atoms with van der Waals surface area (Å²) in [5, 5.41) is 0. The first-order valence-corrected chi connectivity index (χ1v) is 21.3. The van der Waals surface area contributed by atoms with Gasteiger partial charge in [0.05, 0.1) is 36.9 Å². The summed E-state index contributed by atoms with van der Waals surface area (Å²) in [5.74, 6) is 0.00889. The van der Waals surface area contributed by atoms with Gasteiger partial charge in [-0.05, 0) is 42.3 Å². The van der Waals surface area contributed by atoms with Crippen molar-refractivity contribution in [2.45, 2.75) is 154 Å². The number of fused-ring (bicyclic) bond motifs is 3. The Bertz CT molecular complexity index is 1390. The molecule has 6 nitrogen and oxygen atoms in total. The van der Waals surface area contributed by atoms with E-state index in [1.165, 1.54) is 125 Å². The molecule has 2 aromatic rings. The zero-order valence-corrected chi connectivity index (χ0v) is 35.3. The van der Waals surface area contributed by atoms with Crippen LogP contribution in [0, 0.1) is 5.82 Å². The van der Waals surface area contributed by atoms with Gasteiger partial charge in [-0.15, -0.1) is 0 Å². The normalized spacial score (nSPS) is 20.1. The second-order valence-corrected chi connectivity index (χ2v) is 16.3.